The van der Waals surface area contributed by atoms with Crippen LogP contribution in [0.15, 0.2) is 53.4 Å². The summed E-state index contributed by atoms with van der Waals surface area (Å²) in [5.74, 6) is 0.668. The van der Waals surface area contributed by atoms with Crippen LogP contribution in [0.4, 0.5) is 0 Å². The van der Waals surface area contributed by atoms with Gasteiger partial charge >= 0.3 is 0 Å². The number of hydrogen-bond donors (Lipinski definition) is 1. The Kier molecular flexibility index (Phi) is 5.52. The minimum absolute atomic E-state index is 0.0959. The Balaban J connectivity index is 1.96. The lowest BCUT2D eigenvalue weighted by Crippen LogP contribution is -2.26. The topological polar surface area (TPSA) is 72.5 Å². The average Bonchev–Trinajstić information content (AvgIpc) is 2.55. The van der Waals surface area contributed by atoms with E-state index in [4.69, 9.17) is 4.74 Å². The summed E-state index contributed by atoms with van der Waals surface area (Å²) in [4.78, 5) is 11.4. The van der Waals surface area contributed by atoms with Gasteiger partial charge in [0.2, 0.25) is 10.0 Å². The molecule has 0 aromatic heterocycles. The second-order valence-corrected chi connectivity index (χ2v) is 6.84. The quantitative estimate of drug-likeness (QED) is 0.790. The molecule has 1 N–H and O–H groups in total. The van der Waals surface area contributed by atoms with E-state index in [1.165, 1.54) is 31.2 Å². The highest BCUT2D eigenvalue weighted by Crippen LogP contribution is 2.13. The lowest BCUT2D eigenvalue weighted by atomic mass is 10.1. The minimum atomic E-state index is -3.57. The number of methoxy groups -OCH3 is 1. The molecule has 0 saturated carbocycles. The molecule has 0 amide bonds. The minimum Gasteiger partial charge on any atom is -0.497 e. The maximum absolute atomic E-state index is 12.2. The first kappa shape index (κ1) is 17.2. The predicted octanol–water partition coefficient (Wildman–Crippen LogP) is 2.42. The van der Waals surface area contributed by atoms with Crippen molar-refractivity contribution in [1.82, 2.24) is 4.72 Å². The molecule has 0 fully saturated rings. The maximum Gasteiger partial charge on any atom is 0.240 e. The number of ketones is 1. The fourth-order valence-electron chi connectivity index (χ4n) is 2.07. The van der Waals surface area contributed by atoms with Gasteiger partial charge in [0, 0.05) is 12.1 Å². The van der Waals surface area contributed by atoms with Crippen molar-refractivity contribution in [3.8, 4) is 5.75 Å². The molecular weight excluding hydrogens is 314 g/mol. The first-order valence-corrected chi connectivity index (χ1v) is 8.64. The number of benzene rings is 2. The Bertz CT molecular complexity index is 765. The number of carbonyl (C=O) groups is 1. The van der Waals surface area contributed by atoms with Gasteiger partial charge in [-0.15, -0.1) is 0 Å². The highest BCUT2D eigenvalue weighted by atomic mass is 32.2. The van der Waals surface area contributed by atoms with Crippen LogP contribution in [0.2, 0.25) is 0 Å². The molecular formula is C17H19NO4S. The van der Waals surface area contributed by atoms with Crippen molar-refractivity contribution in [1.29, 1.82) is 0 Å². The van der Waals surface area contributed by atoms with Crippen LogP contribution < -0.4 is 9.46 Å². The van der Waals surface area contributed by atoms with Crippen LogP contribution in [-0.2, 0) is 16.4 Å². The highest BCUT2D eigenvalue weighted by Gasteiger charge is 2.13. The fourth-order valence-corrected chi connectivity index (χ4v) is 3.11. The third-order valence-electron chi connectivity index (χ3n) is 3.44. The summed E-state index contributed by atoms with van der Waals surface area (Å²) < 4.78 is 32.0. The van der Waals surface area contributed by atoms with Crippen molar-refractivity contribution in [2.45, 2.75) is 18.2 Å². The van der Waals surface area contributed by atoms with E-state index in [1.807, 2.05) is 24.3 Å². The first-order valence-electron chi connectivity index (χ1n) is 7.16. The Morgan fingerprint density at radius 1 is 1.04 bits per heavy atom. The Morgan fingerprint density at radius 2 is 1.65 bits per heavy atom. The van der Waals surface area contributed by atoms with Gasteiger partial charge in [-0.25, -0.2) is 13.1 Å². The van der Waals surface area contributed by atoms with Gasteiger partial charge in [0.25, 0.3) is 0 Å². The lowest BCUT2D eigenvalue weighted by molar-refractivity contribution is 0.101. The molecule has 2 aromatic carbocycles. The van der Waals surface area contributed by atoms with Crippen molar-refractivity contribution < 1.29 is 17.9 Å². The monoisotopic (exact) mass is 333 g/mol. The van der Waals surface area contributed by atoms with Crippen LogP contribution in [0.25, 0.3) is 0 Å². The van der Waals surface area contributed by atoms with E-state index in [0.29, 0.717) is 18.5 Å². The second-order valence-electron chi connectivity index (χ2n) is 5.08. The van der Waals surface area contributed by atoms with Crippen LogP contribution in [0.5, 0.6) is 5.75 Å². The molecule has 6 heteroatoms. The summed E-state index contributed by atoms with van der Waals surface area (Å²) in [5, 5.41) is 0. The number of hydrogen-bond acceptors (Lipinski definition) is 4. The number of sulfonamides is 1. The number of carbonyl (C=O) groups excluding carboxylic acids is 1. The van der Waals surface area contributed by atoms with Crippen LogP contribution in [0, 0.1) is 0 Å². The first-order chi connectivity index (χ1) is 10.9. The van der Waals surface area contributed by atoms with Crippen molar-refractivity contribution >= 4 is 15.8 Å². The Hall–Kier alpha value is -2.18. The molecule has 0 radical (unpaired) electrons. The molecule has 0 spiro atoms. The van der Waals surface area contributed by atoms with Gasteiger partial charge in [0.05, 0.1) is 12.0 Å². The number of ether oxygens (including phenoxy) is 1. The van der Waals surface area contributed by atoms with Crippen LogP contribution >= 0.6 is 0 Å². The second kappa shape index (κ2) is 7.39. The van der Waals surface area contributed by atoms with E-state index in [-0.39, 0.29) is 10.7 Å². The summed E-state index contributed by atoms with van der Waals surface area (Å²) >= 11 is 0. The van der Waals surface area contributed by atoms with Crippen molar-refractivity contribution in [3.63, 3.8) is 0 Å². The molecule has 0 aliphatic carbocycles. The van der Waals surface area contributed by atoms with Gasteiger partial charge in [0.15, 0.2) is 5.78 Å². The van der Waals surface area contributed by atoms with Gasteiger partial charge in [-0.1, -0.05) is 24.3 Å². The number of Topliss-reactive ketones (excluding diaryl/α,β-unsaturated/α-hetero) is 1. The Morgan fingerprint density at radius 3 is 2.17 bits per heavy atom. The van der Waals surface area contributed by atoms with Gasteiger partial charge < -0.3 is 4.74 Å². The maximum atomic E-state index is 12.2. The van der Waals surface area contributed by atoms with Gasteiger partial charge in [-0.3, -0.25) is 4.79 Å². The summed E-state index contributed by atoms with van der Waals surface area (Å²) in [5.41, 5.74) is 1.50. The van der Waals surface area contributed by atoms with Crippen LogP contribution in [-0.4, -0.2) is 27.9 Å². The standard InChI is InChI=1S/C17H19NO4S/c1-13(19)15-5-9-17(10-6-15)23(20,21)18-12-11-14-3-7-16(22-2)8-4-14/h3-10,18H,11-12H2,1-2H3. The smallest absolute Gasteiger partial charge is 0.240 e. The molecule has 0 aliphatic heterocycles. The van der Waals surface area contributed by atoms with E-state index in [0.717, 1.165) is 11.3 Å². The number of nitrogens with one attached hydrogen (secondary N) is 1. The van der Waals surface area contributed by atoms with Crippen molar-refractivity contribution in [3.05, 3.63) is 59.7 Å². The van der Waals surface area contributed by atoms with Crippen LogP contribution in [0.3, 0.4) is 0 Å². The zero-order valence-electron chi connectivity index (χ0n) is 13.1. The third-order valence-corrected chi connectivity index (χ3v) is 4.91. The summed E-state index contributed by atoms with van der Waals surface area (Å²) in [6.07, 6.45) is 0.578. The zero-order valence-corrected chi connectivity index (χ0v) is 13.9. The van der Waals surface area contributed by atoms with Gasteiger partial charge in [0.1, 0.15) is 5.75 Å². The van der Waals surface area contributed by atoms with E-state index in [1.54, 1.807) is 7.11 Å². The molecule has 2 rings (SSSR count). The van der Waals surface area contributed by atoms with Gasteiger partial charge in [-0.2, -0.15) is 0 Å². The van der Waals surface area contributed by atoms with E-state index in [9.17, 15) is 13.2 Å². The molecule has 0 bridgehead atoms. The molecule has 122 valence electrons. The largest absolute Gasteiger partial charge is 0.497 e. The van der Waals surface area contributed by atoms with E-state index in [2.05, 4.69) is 4.72 Å². The zero-order chi connectivity index (χ0) is 16.9. The molecule has 0 heterocycles. The summed E-state index contributed by atoms with van der Waals surface area (Å²) in [7, 11) is -1.97. The van der Waals surface area contributed by atoms with Gasteiger partial charge in [-0.05, 0) is 43.2 Å². The average molecular weight is 333 g/mol. The Labute approximate surface area is 136 Å². The molecule has 0 aliphatic rings. The summed E-state index contributed by atoms with van der Waals surface area (Å²) in [6.45, 7) is 1.74. The van der Waals surface area contributed by atoms with Crippen LogP contribution in [0.1, 0.15) is 22.8 Å². The number of rotatable bonds is 7. The molecule has 0 unspecified atom stereocenters. The fraction of sp³-hybridized carbons (Fsp3) is 0.235. The van der Waals surface area contributed by atoms with E-state index < -0.39 is 10.0 Å². The normalized spacial score (nSPS) is 11.2. The lowest BCUT2D eigenvalue weighted by Gasteiger charge is -2.08. The van der Waals surface area contributed by atoms with Crippen molar-refractivity contribution in [2.75, 3.05) is 13.7 Å². The molecule has 23 heavy (non-hydrogen) atoms. The molecule has 0 atom stereocenters. The van der Waals surface area contributed by atoms with E-state index >= 15 is 0 Å². The predicted molar refractivity (Wildman–Crippen MR) is 88.3 cm³/mol. The molecule has 5 nitrogen and oxygen atoms in total. The van der Waals surface area contributed by atoms with Crippen molar-refractivity contribution in [2.24, 2.45) is 0 Å². The highest BCUT2D eigenvalue weighted by molar-refractivity contribution is 7.89. The summed E-state index contributed by atoms with van der Waals surface area (Å²) in [6, 6.07) is 13.4. The molecule has 2 aromatic rings. The SMILES string of the molecule is COc1ccc(CCNS(=O)(=O)c2ccc(C(C)=O)cc2)cc1. The third kappa shape index (κ3) is 4.64. The molecule has 0 saturated heterocycles.